The van der Waals surface area contributed by atoms with Crippen LogP contribution in [0.25, 0.3) is 0 Å². The van der Waals surface area contributed by atoms with Gasteiger partial charge >= 0.3 is 5.97 Å². The van der Waals surface area contributed by atoms with E-state index in [1.807, 2.05) is 0 Å². The van der Waals surface area contributed by atoms with Crippen molar-refractivity contribution >= 4 is 35.2 Å². The lowest BCUT2D eigenvalue weighted by Gasteiger charge is -2.37. The van der Waals surface area contributed by atoms with Gasteiger partial charge in [0.05, 0.1) is 11.8 Å². The normalized spacial score (nSPS) is 34.6. The van der Waals surface area contributed by atoms with Crippen LogP contribution in [0.4, 0.5) is 0 Å². The Balaban J connectivity index is 1.26. The first kappa shape index (κ1) is 18.6. The summed E-state index contributed by atoms with van der Waals surface area (Å²) in [7, 11) is 0. The lowest BCUT2D eigenvalue weighted by molar-refractivity contribution is -0.157. The largest absolute Gasteiger partial charge is 0.456 e. The van der Waals surface area contributed by atoms with E-state index in [4.69, 9.17) is 16.3 Å². The van der Waals surface area contributed by atoms with E-state index in [2.05, 4.69) is 12.2 Å². The summed E-state index contributed by atoms with van der Waals surface area (Å²) >= 11 is 5.80. The van der Waals surface area contributed by atoms with Crippen LogP contribution in [0, 0.1) is 35.5 Å². The molecule has 1 aliphatic heterocycles. The number of esters is 1. The molecule has 1 aromatic carbocycles. The fraction of sp³-hybridized carbons (Fsp3) is 0.455. The van der Waals surface area contributed by atoms with Crippen molar-refractivity contribution in [3.8, 4) is 0 Å². The molecular weight excluding hydrogens is 394 g/mol. The molecule has 2 bridgehead atoms. The van der Waals surface area contributed by atoms with Gasteiger partial charge in [0.15, 0.2) is 12.4 Å². The molecule has 0 aromatic heterocycles. The molecule has 0 unspecified atom stereocenters. The predicted octanol–water partition coefficient (Wildman–Crippen LogP) is 2.51. The maximum atomic E-state index is 13.0. The lowest BCUT2D eigenvalue weighted by Crippen LogP contribution is -2.45. The zero-order chi connectivity index (χ0) is 20.4. The molecule has 1 heterocycles. The molecule has 0 spiro atoms. The maximum Gasteiger partial charge on any atom is 0.329 e. The summed E-state index contributed by atoms with van der Waals surface area (Å²) in [6.45, 7) is 1.03. The molecule has 150 valence electrons. The molecule has 1 saturated heterocycles. The molecular formula is C22H20ClNO5. The van der Waals surface area contributed by atoms with Crippen molar-refractivity contribution in [1.82, 2.24) is 4.90 Å². The number of nitrogens with zero attached hydrogens (tertiary/aromatic N) is 1. The lowest BCUT2D eigenvalue weighted by atomic mass is 9.63. The van der Waals surface area contributed by atoms with Crippen molar-refractivity contribution in [2.75, 3.05) is 6.61 Å². The van der Waals surface area contributed by atoms with Crippen LogP contribution >= 0.6 is 11.6 Å². The SMILES string of the molecule is C[C@H](C(=O)OCC(=O)c1ccc(Cl)cc1)N1C(=O)[C@@H]2[C@@H]3C=C[C@H]([C@H]4C[C@H]34)[C@@H]2C1=O. The van der Waals surface area contributed by atoms with Gasteiger partial charge in [-0.1, -0.05) is 23.8 Å². The Morgan fingerprint density at radius 2 is 1.62 bits per heavy atom. The van der Waals surface area contributed by atoms with Crippen LogP contribution in [0.1, 0.15) is 23.7 Å². The number of halogens is 1. The summed E-state index contributed by atoms with van der Waals surface area (Å²) in [5, 5.41) is 0.501. The Kier molecular flexibility index (Phi) is 4.17. The van der Waals surface area contributed by atoms with Crippen LogP contribution in [0.15, 0.2) is 36.4 Å². The number of carbonyl (C=O) groups is 4. The highest BCUT2D eigenvalue weighted by atomic mass is 35.5. The number of likely N-dealkylation sites (tertiary alicyclic amines) is 1. The van der Waals surface area contributed by atoms with Gasteiger partial charge in [-0.3, -0.25) is 19.3 Å². The van der Waals surface area contributed by atoms with Gasteiger partial charge in [0, 0.05) is 10.6 Å². The third-order valence-electron chi connectivity index (χ3n) is 6.94. The van der Waals surface area contributed by atoms with E-state index in [9.17, 15) is 19.2 Å². The van der Waals surface area contributed by atoms with E-state index in [1.165, 1.54) is 6.92 Å². The second-order valence-corrected chi connectivity index (χ2v) is 8.85. The molecule has 3 fully saturated rings. The Bertz CT molecular complexity index is 918. The van der Waals surface area contributed by atoms with Gasteiger partial charge in [0.25, 0.3) is 0 Å². The minimum absolute atomic E-state index is 0.103. The average molecular weight is 414 g/mol. The van der Waals surface area contributed by atoms with Crippen molar-refractivity contribution in [2.24, 2.45) is 35.5 Å². The maximum absolute atomic E-state index is 13.0. The number of Topliss-reactive ketones (excluding diaryl/α,β-unsaturated/α-hetero) is 1. The van der Waals surface area contributed by atoms with Gasteiger partial charge in [-0.05, 0) is 61.3 Å². The summed E-state index contributed by atoms with van der Waals surface area (Å²) in [6.07, 6.45) is 5.26. The minimum Gasteiger partial charge on any atom is -0.456 e. The molecule has 29 heavy (non-hydrogen) atoms. The number of carbonyl (C=O) groups excluding carboxylic acids is 4. The molecule has 5 aliphatic rings. The van der Waals surface area contributed by atoms with E-state index in [-0.39, 0.29) is 41.3 Å². The zero-order valence-electron chi connectivity index (χ0n) is 15.8. The third kappa shape index (κ3) is 2.76. The standard InChI is InChI=1S/C22H20ClNO5/c1-10(22(28)29-9-17(25)11-2-4-12(23)5-3-11)24-20(26)18-13-6-7-14(16-8-15(13)16)19(18)21(24)27/h2-7,10,13-16,18-19H,8-9H2,1H3/t10-,13-,14-,15-,16-,18-,19+/m1/s1. The average Bonchev–Trinajstić information content (AvgIpc) is 3.49. The van der Waals surface area contributed by atoms with Gasteiger partial charge in [0.2, 0.25) is 11.8 Å². The summed E-state index contributed by atoms with van der Waals surface area (Å²) in [6, 6.07) is 5.21. The quantitative estimate of drug-likeness (QED) is 0.320. The second-order valence-electron chi connectivity index (χ2n) is 8.41. The topological polar surface area (TPSA) is 80.8 Å². The summed E-state index contributed by atoms with van der Waals surface area (Å²) < 4.78 is 5.13. The predicted molar refractivity (Wildman–Crippen MR) is 103 cm³/mol. The van der Waals surface area contributed by atoms with Crippen molar-refractivity contribution < 1.29 is 23.9 Å². The molecule has 7 atom stereocenters. The number of allylic oxidation sites excluding steroid dienone is 2. The number of amides is 2. The summed E-state index contributed by atoms with van der Waals surface area (Å²) in [5.41, 5.74) is 0.371. The number of imide groups is 1. The Morgan fingerprint density at radius 3 is 2.17 bits per heavy atom. The van der Waals surface area contributed by atoms with Crippen LogP contribution in [0.2, 0.25) is 5.02 Å². The summed E-state index contributed by atoms with van der Waals surface area (Å²) in [5.74, 6) is -1.19. The van der Waals surface area contributed by atoms with E-state index >= 15 is 0 Å². The van der Waals surface area contributed by atoms with Crippen LogP contribution in [0.3, 0.4) is 0 Å². The number of ketones is 1. The molecule has 6 nitrogen and oxygen atoms in total. The first-order chi connectivity index (χ1) is 13.9. The fourth-order valence-electron chi connectivity index (χ4n) is 5.44. The number of hydrogen-bond donors (Lipinski definition) is 0. The van der Waals surface area contributed by atoms with Crippen molar-refractivity contribution in [2.45, 2.75) is 19.4 Å². The Hall–Kier alpha value is -2.47. The van der Waals surface area contributed by atoms with Crippen molar-refractivity contribution in [1.29, 1.82) is 0 Å². The van der Waals surface area contributed by atoms with Crippen LogP contribution in [-0.4, -0.2) is 41.1 Å². The van der Waals surface area contributed by atoms with E-state index < -0.39 is 18.6 Å². The number of benzene rings is 1. The van der Waals surface area contributed by atoms with Crippen molar-refractivity contribution in [3.05, 3.63) is 47.0 Å². The molecule has 6 rings (SSSR count). The van der Waals surface area contributed by atoms with E-state index in [0.717, 1.165) is 11.3 Å². The van der Waals surface area contributed by atoms with E-state index in [1.54, 1.807) is 24.3 Å². The molecule has 2 saturated carbocycles. The first-order valence-electron chi connectivity index (χ1n) is 9.89. The van der Waals surface area contributed by atoms with Crippen molar-refractivity contribution in [3.63, 3.8) is 0 Å². The third-order valence-corrected chi connectivity index (χ3v) is 7.19. The van der Waals surface area contributed by atoms with Gasteiger partial charge in [-0.2, -0.15) is 0 Å². The molecule has 0 N–H and O–H groups in total. The Morgan fingerprint density at radius 1 is 1.07 bits per heavy atom. The van der Waals surface area contributed by atoms with Gasteiger partial charge in [-0.25, -0.2) is 4.79 Å². The first-order valence-corrected chi connectivity index (χ1v) is 10.3. The molecule has 4 aliphatic carbocycles. The van der Waals surface area contributed by atoms with Crippen LogP contribution < -0.4 is 0 Å². The van der Waals surface area contributed by atoms with E-state index in [0.29, 0.717) is 22.4 Å². The van der Waals surface area contributed by atoms with Gasteiger partial charge in [-0.15, -0.1) is 0 Å². The smallest absolute Gasteiger partial charge is 0.329 e. The molecule has 7 heteroatoms. The fourth-order valence-corrected chi connectivity index (χ4v) is 5.57. The monoisotopic (exact) mass is 413 g/mol. The van der Waals surface area contributed by atoms with Crippen LogP contribution in [-0.2, 0) is 19.1 Å². The zero-order valence-corrected chi connectivity index (χ0v) is 16.5. The highest BCUT2D eigenvalue weighted by Crippen LogP contribution is 2.65. The molecule has 0 radical (unpaired) electrons. The molecule has 1 aromatic rings. The van der Waals surface area contributed by atoms with Gasteiger partial charge < -0.3 is 4.74 Å². The highest BCUT2D eigenvalue weighted by molar-refractivity contribution is 6.30. The van der Waals surface area contributed by atoms with Crippen LogP contribution in [0.5, 0.6) is 0 Å². The number of ether oxygens (including phenoxy) is 1. The minimum atomic E-state index is -1.05. The number of rotatable bonds is 5. The van der Waals surface area contributed by atoms with Gasteiger partial charge in [0.1, 0.15) is 6.04 Å². The summed E-state index contributed by atoms with van der Waals surface area (Å²) in [4.78, 5) is 51.8. The highest BCUT2D eigenvalue weighted by Gasteiger charge is 2.67. The second kappa shape index (κ2) is 6.52. The molecule has 2 amide bonds. The number of hydrogen-bond acceptors (Lipinski definition) is 5. The Labute approximate surface area is 172 Å².